The van der Waals surface area contributed by atoms with Crippen LogP contribution in [-0.4, -0.2) is 45.8 Å². The fourth-order valence-corrected chi connectivity index (χ4v) is 5.71. The van der Waals surface area contributed by atoms with Crippen molar-refractivity contribution in [3.63, 3.8) is 0 Å². The molecule has 0 aliphatic carbocycles. The minimum atomic E-state index is -0.348. The van der Waals surface area contributed by atoms with Crippen LogP contribution in [0.15, 0.2) is 41.2 Å². The van der Waals surface area contributed by atoms with E-state index in [4.69, 9.17) is 16.7 Å². The zero-order chi connectivity index (χ0) is 22.5. The second kappa shape index (κ2) is 8.29. The van der Waals surface area contributed by atoms with Crippen molar-refractivity contribution in [2.75, 3.05) is 26.2 Å². The van der Waals surface area contributed by atoms with Crippen molar-refractivity contribution >= 4 is 22.5 Å². The number of hydrogen-bond donors (Lipinski definition) is 1. The number of benzene rings is 2. The van der Waals surface area contributed by atoms with E-state index in [9.17, 15) is 4.79 Å². The van der Waals surface area contributed by atoms with Crippen LogP contribution in [0.5, 0.6) is 0 Å². The Morgan fingerprint density at radius 2 is 1.94 bits per heavy atom. The molecule has 1 saturated heterocycles. The fraction of sp³-hybridized carbons (Fsp3) is 0.462. The summed E-state index contributed by atoms with van der Waals surface area (Å²) >= 11 is 6.40. The second-order valence-corrected chi connectivity index (χ2v) is 10.1. The molecular weight excluding hydrogens is 422 g/mol. The third-order valence-electron chi connectivity index (χ3n) is 7.30. The number of halogens is 1. The number of fused-ring (bicyclic) bond motifs is 5. The molecule has 32 heavy (non-hydrogen) atoms. The van der Waals surface area contributed by atoms with Gasteiger partial charge >= 0.3 is 0 Å². The number of nitrogens with zero attached hydrogens (tertiary/aromatic N) is 3. The number of aliphatic hydroxyl groups excluding tert-OH is 1. The summed E-state index contributed by atoms with van der Waals surface area (Å²) in [7, 11) is 0. The van der Waals surface area contributed by atoms with E-state index in [1.165, 1.54) is 11.1 Å². The molecule has 168 valence electrons. The topological polar surface area (TPSA) is 58.4 Å². The highest BCUT2D eigenvalue weighted by Gasteiger charge is 2.39. The number of likely N-dealkylation sites (tertiary alicyclic amines) is 1. The van der Waals surface area contributed by atoms with Gasteiger partial charge < -0.3 is 10.0 Å². The van der Waals surface area contributed by atoms with Gasteiger partial charge in [-0.25, -0.2) is 0 Å². The molecule has 2 aliphatic heterocycles. The molecule has 5 rings (SSSR count). The monoisotopic (exact) mass is 451 g/mol. The minimum absolute atomic E-state index is 0.258. The molecule has 1 aromatic heterocycles. The maximum atomic E-state index is 12.8. The Morgan fingerprint density at radius 1 is 1.16 bits per heavy atom. The summed E-state index contributed by atoms with van der Waals surface area (Å²) in [6.07, 6.45) is 4.23. The van der Waals surface area contributed by atoms with E-state index in [0.717, 1.165) is 62.3 Å². The molecule has 6 heteroatoms. The Balaban J connectivity index is 1.52. The van der Waals surface area contributed by atoms with Gasteiger partial charge in [0.25, 0.3) is 5.56 Å². The first-order valence-corrected chi connectivity index (χ1v) is 12.0. The normalized spacial score (nSPS) is 18.1. The van der Waals surface area contributed by atoms with Crippen LogP contribution in [0.1, 0.15) is 62.4 Å². The fourth-order valence-electron chi connectivity index (χ4n) is 5.46. The van der Waals surface area contributed by atoms with Crippen molar-refractivity contribution in [1.82, 2.24) is 14.5 Å². The van der Waals surface area contributed by atoms with E-state index in [2.05, 4.69) is 46.5 Å². The maximum absolute atomic E-state index is 12.8. The lowest BCUT2D eigenvalue weighted by molar-refractivity contribution is 0.199. The number of rotatable bonds is 5. The molecule has 1 fully saturated rings. The van der Waals surface area contributed by atoms with Crippen LogP contribution in [-0.2, 0) is 5.41 Å². The molecule has 0 spiro atoms. The number of piperidine rings is 1. The second-order valence-electron chi connectivity index (χ2n) is 9.66. The molecule has 5 nitrogen and oxygen atoms in total. The van der Waals surface area contributed by atoms with Crippen molar-refractivity contribution in [1.29, 1.82) is 0 Å². The van der Waals surface area contributed by atoms with Gasteiger partial charge in [0, 0.05) is 6.61 Å². The van der Waals surface area contributed by atoms with Crippen molar-refractivity contribution in [3.8, 4) is 5.69 Å². The van der Waals surface area contributed by atoms with Crippen molar-refractivity contribution in [2.24, 2.45) is 0 Å². The Kier molecular flexibility index (Phi) is 5.60. The number of hydrogen-bond acceptors (Lipinski definition) is 4. The van der Waals surface area contributed by atoms with Crippen LogP contribution >= 0.6 is 11.6 Å². The van der Waals surface area contributed by atoms with Crippen molar-refractivity contribution in [3.05, 3.63) is 68.7 Å². The average Bonchev–Trinajstić information content (AvgIpc) is 3.01. The summed E-state index contributed by atoms with van der Waals surface area (Å²) in [6.45, 7) is 7.83. The summed E-state index contributed by atoms with van der Waals surface area (Å²) in [5.41, 5.74) is 3.90. The van der Waals surface area contributed by atoms with Gasteiger partial charge in [0.1, 0.15) is 5.82 Å². The average molecular weight is 452 g/mol. The van der Waals surface area contributed by atoms with Gasteiger partial charge in [0.05, 0.1) is 27.0 Å². The van der Waals surface area contributed by atoms with Gasteiger partial charge in [-0.15, -0.1) is 0 Å². The van der Waals surface area contributed by atoms with Crippen LogP contribution in [0.4, 0.5) is 0 Å². The van der Waals surface area contributed by atoms with Crippen LogP contribution in [0.2, 0.25) is 5.02 Å². The third-order valence-corrected chi connectivity index (χ3v) is 7.62. The van der Waals surface area contributed by atoms with E-state index in [1.807, 2.05) is 12.1 Å². The molecule has 2 aliphatic rings. The lowest BCUT2D eigenvalue weighted by atomic mass is 9.83. The molecule has 0 saturated carbocycles. The highest BCUT2D eigenvalue weighted by atomic mass is 35.5. The van der Waals surface area contributed by atoms with Gasteiger partial charge in [-0.2, -0.15) is 4.98 Å². The first kappa shape index (κ1) is 21.6. The molecule has 1 N–H and O–H groups in total. The highest BCUT2D eigenvalue weighted by Crippen LogP contribution is 2.44. The van der Waals surface area contributed by atoms with E-state index in [1.54, 1.807) is 6.07 Å². The summed E-state index contributed by atoms with van der Waals surface area (Å²) in [5, 5.41) is 9.96. The molecule has 0 atom stereocenters. The lowest BCUT2D eigenvalue weighted by Gasteiger charge is -2.32. The van der Waals surface area contributed by atoms with E-state index >= 15 is 0 Å². The molecule has 3 heterocycles. The Bertz CT molecular complexity index is 1230. The summed E-state index contributed by atoms with van der Waals surface area (Å²) in [4.78, 5) is 19.8. The van der Waals surface area contributed by atoms with Crippen LogP contribution in [0.3, 0.4) is 0 Å². The SMILES string of the molecule is CC1(C)c2ccc(C3CCN(CCCCO)CC3)cc2-n2c1nc(=O)c1c(Cl)cccc12. The van der Waals surface area contributed by atoms with Gasteiger partial charge in [0.15, 0.2) is 0 Å². The Labute approximate surface area is 193 Å². The first-order valence-electron chi connectivity index (χ1n) is 11.6. The van der Waals surface area contributed by atoms with E-state index in [0.29, 0.717) is 16.3 Å². The lowest BCUT2D eigenvalue weighted by Crippen LogP contribution is -2.33. The van der Waals surface area contributed by atoms with Gasteiger partial charge in [0.2, 0.25) is 0 Å². The predicted octanol–water partition coefficient (Wildman–Crippen LogP) is 4.63. The summed E-state index contributed by atoms with van der Waals surface area (Å²) in [6, 6.07) is 12.4. The number of unbranched alkanes of at least 4 members (excludes halogenated alkanes) is 1. The maximum Gasteiger partial charge on any atom is 0.282 e. The summed E-state index contributed by atoms with van der Waals surface area (Å²) in [5.74, 6) is 1.31. The minimum Gasteiger partial charge on any atom is -0.396 e. The standard InChI is InChI=1S/C26H30ClN3O2/c1-26(2)19-9-8-18(17-10-13-29(14-11-17)12-3-4-15-31)16-22(19)30-21-7-5-6-20(27)23(21)24(32)28-25(26)30/h5-9,16-17,31H,3-4,10-15H2,1-2H3. The van der Waals surface area contributed by atoms with Gasteiger partial charge in [-0.1, -0.05) is 29.8 Å². The molecule has 0 amide bonds. The van der Waals surface area contributed by atoms with Gasteiger partial charge in [-0.3, -0.25) is 9.36 Å². The summed E-state index contributed by atoms with van der Waals surface area (Å²) < 4.78 is 2.14. The van der Waals surface area contributed by atoms with Crippen LogP contribution in [0.25, 0.3) is 16.6 Å². The molecular formula is C26H30ClN3O2. The zero-order valence-electron chi connectivity index (χ0n) is 18.8. The highest BCUT2D eigenvalue weighted by molar-refractivity contribution is 6.35. The Morgan fingerprint density at radius 3 is 2.69 bits per heavy atom. The van der Waals surface area contributed by atoms with E-state index in [-0.39, 0.29) is 17.6 Å². The van der Waals surface area contributed by atoms with E-state index < -0.39 is 0 Å². The Hall–Kier alpha value is -2.21. The van der Waals surface area contributed by atoms with Gasteiger partial charge in [-0.05, 0) is 94.4 Å². The molecule has 0 unspecified atom stereocenters. The third kappa shape index (κ3) is 3.47. The quantitative estimate of drug-likeness (QED) is 0.574. The van der Waals surface area contributed by atoms with Crippen molar-refractivity contribution < 1.29 is 5.11 Å². The molecule has 0 radical (unpaired) electrons. The van der Waals surface area contributed by atoms with Crippen molar-refractivity contribution in [2.45, 2.75) is 50.9 Å². The largest absolute Gasteiger partial charge is 0.396 e. The smallest absolute Gasteiger partial charge is 0.282 e. The van der Waals surface area contributed by atoms with Crippen LogP contribution < -0.4 is 5.56 Å². The van der Waals surface area contributed by atoms with Crippen LogP contribution in [0, 0.1) is 0 Å². The molecule has 3 aromatic rings. The number of aromatic nitrogens is 2. The zero-order valence-corrected chi connectivity index (χ0v) is 19.5. The predicted molar refractivity (Wildman–Crippen MR) is 129 cm³/mol. The number of aliphatic hydroxyl groups is 1. The molecule has 2 aromatic carbocycles. The molecule has 0 bridgehead atoms. The first-order chi connectivity index (χ1) is 15.4.